The summed E-state index contributed by atoms with van der Waals surface area (Å²) in [4.78, 5) is 24.0. The molecule has 0 amide bonds. The molecule has 0 aromatic heterocycles. The average molecular weight is 478 g/mol. The second-order valence-electron chi connectivity index (χ2n) is 7.82. The quantitative estimate of drug-likeness (QED) is 0.228. The molecule has 3 rings (SSSR count). The number of phenols is 3. The van der Waals surface area contributed by atoms with Gasteiger partial charge in [-0.1, -0.05) is 12.1 Å². The zero-order valence-electron chi connectivity index (χ0n) is 18.2. The number of ether oxygens (including phenoxy) is 3. The number of aromatic hydroxyl groups is 3. The van der Waals surface area contributed by atoms with Crippen molar-refractivity contribution in [3.8, 4) is 23.0 Å². The van der Waals surface area contributed by atoms with Crippen molar-refractivity contribution in [1.82, 2.24) is 0 Å². The lowest BCUT2D eigenvalue weighted by Crippen LogP contribution is -2.61. The molecule has 0 bridgehead atoms. The zero-order chi connectivity index (χ0) is 25.0. The van der Waals surface area contributed by atoms with Gasteiger partial charge < -0.3 is 44.8 Å². The molecular formula is C23H26O11. The van der Waals surface area contributed by atoms with Crippen molar-refractivity contribution in [2.24, 2.45) is 0 Å². The Kier molecular flexibility index (Phi) is 7.94. The molecule has 34 heavy (non-hydrogen) atoms. The molecule has 0 saturated carbocycles. The largest absolute Gasteiger partial charge is 0.508 e. The smallest absolute Gasteiger partial charge is 0.303 e. The molecular weight excluding hydrogens is 452 g/mol. The first kappa shape index (κ1) is 25.2. The third kappa shape index (κ3) is 5.75. The molecule has 0 unspecified atom stereocenters. The Hall–Kier alpha value is -3.38. The summed E-state index contributed by atoms with van der Waals surface area (Å²) in [6.45, 7) is 0.403. The van der Waals surface area contributed by atoms with Crippen molar-refractivity contribution in [3.63, 3.8) is 0 Å². The first-order chi connectivity index (χ1) is 16.1. The van der Waals surface area contributed by atoms with E-state index in [4.69, 9.17) is 14.2 Å². The summed E-state index contributed by atoms with van der Waals surface area (Å²) in [5.74, 6) is -2.59. The van der Waals surface area contributed by atoms with Crippen LogP contribution in [0.3, 0.4) is 0 Å². The minimum Gasteiger partial charge on any atom is -0.508 e. The highest BCUT2D eigenvalue weighted by Gasteiger charge is 2.47. The average Bonchev–Trinajstić information content (AvgIpc) is 2.77. The predicted molar refractivity (Wildman–Crippen MR) is 114 cm³/mol. The van der Waals surface area contributed by atoms with Gasteiger partial charge in [-0.15, -0.1) is 0 Å². The second-order valence-corrected chi connectivity index (χ2v) is 7.82. The molecule has 1 aliphatic rings. The fraction of sp³-hybridized carbons (Fsp3) is 0.391. The number of aliphatic hydroxyl groups excluding tert-OH is 3. The van der Waals surface area contributed by atoms with E-state index in [1.807, 2.05) is 0 Å². The van der Waals surface area contributed by atoms with Gasteiger partial charge in [-0.2, -0.15) is 0 Å². The van der Waals surface area contributed by atoms with Crippen LogP contribution in [0, 0.1) is 0 Å². The van der Waals surface area contributed by atoms with Crippen molar-refractivity contribution >= 4 is 11.8 Å². The summed E-state index contributed by atoms with van der Waals surface area (Å²) in [5.41, 5.74) is 0.450. The van der Waals surface area contributed by atoms with Gasteiger partial charge in [-0.3, -0.25) is 9.59 Å². The van der Waals surface area contributed by atoms with Crippen LogP contribution < -0.4 is 4.74 Å². The Morgan fingerprint density at radius 3 is 2.18 bits per heavy atom. The lowest BCUT2D eigenvalue weighted by molar-refractivity contribution is -0.281. The topological polar surface area (TPSA) is 183 Å². The highest BCUT2D eigenvalue weighted by molar-refractivity contribution is 6.01. The van der Waals surface area contributed by atoms with E-state index in [9.17, 15) is 40.2 Å². The second kappa shape index (κ2) is 10.7. The summed E-state index contributed by atoms with van der Waals surface area (Å²) in [6.07, 6.45) is -7.18. The van der Waals surface area contributed by atoms with E-state index in [2.05, 4.69) is 0 Å². The molecule has 11 nitrogen and oxygen atoms in total. The molecule has 1 saturated heterocycles. The van der Waals surface area contributed by atoms with Crippen LogP contribution in [-0.4, -0.2) is 79.7 Å². The molecule has 5 atom stereocenters. The first-order valence-electron chi connectivity index (χ1n) is 10.4. The van der Waals surface area contributed by atoms with Gasteiger partial charge in [0.05, 0.1) is 6.61 Å². The number of benzene rings is 2. The molecule has 2 aromatic carbocycles. The number of aliphatic hydroxyl groups is 3. The Labute approximate surface area is 194 Å². The maximum absolute atomic E-state index is 12.6. The molecule has 2 aromatic rings. The lowest BCUT2D eigenvalue weighted by atomic mass is 9.99. The number of rotatable bonds is 8. The van der Waals surface area contributed by atoms with Crippen molar-refractivity contribution < 1.29 is 54.4 Å². The third-order valence-electron chi connectivity index (χ3n) is 5.30. The van der Waals surface area contributed by atoms with Crippen molar-refractivity contribution in [2.75, 3.05) is 6.61 Å². The van der Waals surface area contributed by atoms with E-state index in [0.29, 0.717) is 6.42 Å². The van der Waals surface area contributed by atoms with Crippen LogP contribution in [0.1, 0.15) is 29.3 Å². The van der Waals surface area contributed by atoms with E-state index in [1.54, 1.807) is 12.1 Å². The highest BCUT2D eigenvalue weighted by atomic mass is 16.7. The molecule has 184 valence electrons. The summed E-state index contributed by atoms with van der Waals surface area (Å²) < 4.78 is 15.9. The van der Waals surface area contributed by atoms with Gasteiger partial charge in [0.25, 0.3) is 0 Å². The van der Waals surface area contributed by atoms with Crippen LogP contribution in [0.4, 0.5) is 0 Å². The van der Waals surface area contributed by atoms with Crippen LogP contribution in [0.2, 0.25) is 0 Å². The van der Waals surface area contributed by atoms with Crippen LogP contribution in [-0.2, 0) is 20.7 Å². The maximum Gasteiger partial charge on any atom is 0.303 e. The first-order valence-corrected chi connectivity index (χ1v) is 10.4. The molecule has 11 heteroatoms. The summed E-state index contributed by atoms with van der Waals surface area (Å²) in [6, 6.07) is 8.32. The number of carbonyl (C=O) groups is 2. The molecule has 1 fully saturated rings. The van der Waals surface area contributed by atoms with Crippen LogP contribution in [0.15, 0.2) is 36.4 Å². The van der Waals surface area contributed by atoms with Gasteiger partial charge in [-0.25, -0.2) is 0 Å². The summed E-state index contributed by atoms with van der Waals surface area (Å²) in [7, 11) is 0. The number of phenolic OH excluding ortho intramolecular Hbond substituents is 3. The number of ketones is 1. The fourth-order valence-electron chi connectivity index (χ4n) is 3.59. The van der Waals surface area contributed by atoms with Crippen molar-refractivity contribution in [2.45, 2.75) is 50.5 Å². The lowest BCUT2D eigenvalue weighted by Gasteiger charge is -2.41. The highest BCUT2D eigenvalue weighted by Crippen LogP contribution is 2.35. The monoisotopic (exact) mass is 478 g/mol. The number of hydrogen-bond donors (Lipinski definition) is 6. The van der Waals surface area contributed by atoms with Gasteiger partial charge in [0.15, 0.2) is 11.9 Å². The standard InChI is InChI=1S/C23H26O11/c1-11(25)32-22-21(31)20(30)18(10-24)34-23(22)33-14-8-16(28)19(17(29)9-14)15(27)7-4-12-2-5-13(26)6-3-12/h2-3,5-6,8-9,18,20-24,26,28-31H,4,7,10H2,1H3/t18-,20-,21-,22+,23+/m0/s1. The van der Waals surface area contributed by atoms with Gasteiger partial charge in [0.2, 0.25) is 6.29 Å². The van der Waals surface area contributed by atoms with Crippen LogP contribution in [0.25, 0.3) is 0 Å². The molecule has 1 heterocycles. The Balaban J connectivity index is 1.76. The zero-order valence-corrected chi connectivity index (χ0v) is 18.2. The Morgan fingerprint density at radius 2 is 1.62 bits per heavy atom. The van der Waals surface area contributed by atoms with Gasteiger partial charge >= 0.3 is 5.97 Å². The predicted octanol–water partition coefficient (Wildman–Crippen LogP) is 0.368. The molecule has 0 radical (unpaired) electrons. The maximum atomic E-state index is 12.6. The molecule has 6 N–H and O–H groups in total. The number of esters is 1. The molecule has 0 aliphatic carbocycles. The van der Waals surface area contributed by atoms with Crippen molar-refractivity contribution in [1.29, 1.82) is 0 Å². The number of aryl methyl sites for hydroxylation is 1. The Morgan fingerprint density at radius 1 is 1.00 bits per heavy atom. The van der Waals surface area contributed by atoms with E-state index in [1.165, 1.54) is 12.1 Å². The number of carbonyl (C=O) groups excluding carboxylic acids is 2. The Bertz CT molecular complexity index is 997. The normalized spacial score (nSPS) is 24.4. The van der Waals surface area contributed by atoms with Crippen LogP contribution in [0.5, 0.6) is 23.0 Å². The SMILES string of the molecule is CC(=O)O[C@H]1[C@H](Oc2cc(O)c(C(=O)CCc3ccc(O)cc3)c(O)c2)O[C@@H](CO)[C@H](O)[C@@H]1O. The van der Waals surface area contributed by atoms with Gasteiger partial charge in [0.1, 0.15) is 46.9 Å². The summed E-state index contributed by atoms with van der Waals surface area (Å²) >= 11 is 0. The van der Waals surface area contributed by atoms with E-state index in [-0.39, 0.29) is 23.5 Å². The van der Waals surface area contributed by atoms with E-state index < -0.39 is 60.6 Å². The van der Waals surface area contributed by atoms with Crippen LogP contribution >= 0.6 is 0 Å². The van der Waals surface area contributed by atoms with Gasteiger partial charge in [-0.05, 0) is 24.1 Å². The number of Topliss-reactive ketones (excluding diaryl/α,β-unsaturated/α-hetero) is 1. The van der Waals surface area contributed by atoms with E-state index >= 15 is 0 Å². The third-order valence-corrected chi connectivity index (χ3v) is 5.30. The fourth-order valence-corrected chi connectivity index (χ4v) is 3.59. The van der Waals surface area contributed by atoms with Gasteiger partial charge in [0, 0.05) is 25.5 Å². The minimum absolute atomic E-state index is 0.0331. The minimum atomic E-state index is -1.65. The van der Waals surface area contributed by atoms with E-state index in [0.717, 1.165) is 24.6 Å². The van der Waals surface area contributed by atoms with Crippen molar-refractivity contribution in [3.05, 3.63) is 47.5 Å². The summed E-state index contributed by atoms with van der Waals surface area (Å²) in [5, 5.41) is 59.7. The molecule has 1 aliphatic heterocycles. The number of hydrogen-bond acceptors (Lipinski definition) is 11. The molecule has 0 spiro atoms.